The zero-order valence-corrected chi connectivity index (χ0v) is 8.04. The van der Waals surface area contributed by atoms with Gasteiger partial charge in [-0.3, -0.25) is 0 Å². The van der Waals surface area contributed by atoms with Crippen LogP contribution in [0.4, 0.5) is 0 Å². The maximum atomic E-state index is 10.7. The number of carbonyl (C=O) groups is 1. The number of aryl methyl sites for hydroxylation is 1. The summed E-state index contributed by atoms with van der Waals surface area (Å²) in [5.41, 5.74) is 6.80. The molecule has 0 spiro atoms. The molecule has 0 fully saturated rings. The van der Waals surface area contributed by atoms with Crippen LogP contribution in [0.3, 0.4) is 0 Å². The van der Waals surface area contributed by atoms with Gasteiger partial charge in [-0.2, -0.15) is 0 Å². The van der Waals surface area contributed by atoms with Crippen LogP contribution in [0.15, 0.2) is 18.2 Å². The molecule has 0 aliphatic carbocycles. The molecule has 2 radical (unpaired) electrons. The Morgan fingerprint density at radius 2 is 2.18 bits per heavy atom. The Morgan fingerprint density at radius 1 is 1.55 bits per heavy atom. The average Bonchev–Trinajstić information content (AvgIpc) is 1.94. The van der Waals surface area contributed by atoms with E-state index < -0.39 is 0 Å². The first kappa shape index (κ1) is 8.35. The molecule has 2 nitrogen and oxygen atoms in total. The number of nitrogens with two attached hydrogens (primary N) is 1. The summed E-state index contributed by atoms with van der Waals surface area (Å²) in [5.74, 6) is -0.378. The predicted molar refractivity (Wildman–Crippen MR) is 45.1 cm³/mol. The van der Waals surface area contributed by atoms with Crippen molar-refractivity contribution in [3.63, 3.8) is 0 Å². The second-order valence-electron chi connectivity index (χ2n) is 2.37. The second kappa shape index (κ2) is 3.10. The van der Waals surface area contributed by atoms with Crippen LogP contribution in [0.1, 0.15) is 15.9 Å². The van der Waals surface area contributed by atoms with Crippen molar-refractivity contribution in [2.45, 2.75) is 6.92 Å². The SMILES string of the molecule is Cc1ccc(C(N)=O)cc1[As]. The van der Waals surface area contributed by atoms with Gasteiger partial charge in [-0.25, -0.2) is 0 Å². The standard InChI is InChI=1S/C8H8AsNO/c1-5-2-3-6(8(10)11)4-7(5)9/h2-4H,1H3,(H2,10,11). The molecule has 1 aromatic rings. The summed E-state index contributed by atoms with van der Waals surface area (Å²) in [6.45, 7) is 1.98. The van der Waals surface area contributed by atoms with Gasteiger partial charge in [-0.05, 0) is 0 Å². The molecule has 0 aliphatic heterocycles. The van der Waals surface area contributed by atoms with E-state index in [1.54, 1.807) is 12.1 Å². The molecule has 1 amide bonds. The van der Waals surface area contributed by atoms with E-state index in [2.05, 4.69) is 16.9 Å². The first-order valence-electron chi connectivity index (χ1n) is 3.20. The van der Waals surface area contributed by atoms with Crippen molar-refractivity contribution in [1.82, 2.24) is 0 Å². The van der Waals surface area contributed by atoms with E-state index in [4.69, 9.17) is 5.73 Å². The third kappa shape index (κ3) is 1.84. The van der Waals surface area contributed by atoms with Crippen LogP contribution in [0.2, 0.25) is 0 Å². The molecule has 0 bridgehead atoms. The Balaban J connectivity index is 3.15. The summed E-state index contributed by atoms with van der Waals surface area (Å²) in [5, 5.41) is 0. The molecule has 56 valence electrons. The molecule has 0 aliphatic rings. The van der Waals surface area contributed by atoms with Crippen molar-refractivity contribution in [3.05, 3.63) is 29.3 Å². The Labute approximate surface area is 74.3 Å². The molecular formula is C8H8AsNO. The van der Waals surface area contributed by atoms with Gasteiger partial charge >= 0.3 is 73.9 Å². The summed E-state index contributed by atoms with van der Waals surface area (Å²) in [6.07, 6.45) is 0. The molecule has 1 aromatic carbocycles. The minimum absolute atomic E-state index is 0.378. The Bertz CT molecular complexity index is 296. The van der Waals surface area contributed by atoms with Crippen LogP contribution < -0.4 is 10.1 Å². The Morgan fingerprint density at radius 3 is 2.64 bits per heavy atom. The van der Waals surface area contributed by atoms with Crippen molar-refractivity contribution in [1.29, 1.82) is 0 Å². The van der Waals surface area contributed by atoms with Gasteiger partial charge in [-0.15, -0.1) is 0 Å². The molecule has 0 unspecified atom stereocenters. The van der Waals surface area contributed by atoms with Gasteiger partial charge in [-0.1, -0.05) is 0 Å². The predicted octanol–water partition coefficient (Wildman–Crippen LogP) is -0.112. The summed E-state index contributed by atoms with van der Waals surface area (Å²) in [7, 11) is 0. The van der Waals surface area contributed by atoms with Gasteiger partial charge in [0.15, 0.2) is 0 Å². The van der Waals surface area contributed by atoms with Gasteiger partial charge in [0.25, 0.3) is 0 Å². The first-order chi connectivity index (χ1) is 5.11. The number of benzene rings is 1. The molecule has 0 aromatic heterocycles. The van der Waals surface area contributed by atoms with Crippen molar-refractivity contribution in [2.75, 3.05) is 0 Å². The summed E-state index contributed by atoms with van der Waals surface area (Å²) in [6, 6.07) is 5.39. The van der Waals surface area contributed by atoms with E-state index in [-0.39, 0.29) is 5.91 Å². The summed E-state index contributed by atoms with van der Waals surface area (Å²) >= 11 is 2.41. The fourth-order valence-electron chi connectivity index (χ4n) is 0.763. The van der Waals surface area contributed by atoms with Crippen LogP contribution in [-0.4, -0.2) is 22.8 Å². The molecule has 2 N–H and O–H groups in total. The first-order valence-corrected chi connectivity index (χ1v) is 4.14. The fourth-order valence-corrected chi connectivity index (χ4v) is 1.21. The molecule has 3 heteroatoms. The molecule has 11 heavy (non-hydrogen) atoms. The molecule has 0 saturated carbocycles. The summed E-state index contributed by atoms with van der Waals surface area (Å²) in [4.78, 5) is 10.7. The van der Waals surface area contributed by atoms with E-state index in [1.165, 1.54) is 0 Å². The second-order valence-corrected chi connectivity index (χ2v) is 3.38. The monoisotopic (exact) mass is 209 g/mol. The van der Waals surface area contributed by atoms with E-state index in [1.807, 2.05) is 13.0 Å². The molecule has 0 atom stereocenters. The van der Waals surface area contributed by atoms with E-state index in [0.717, 1.165) is 9.91 Å². The normalized spacial score (nSPS) is 9.64. The Hall–Kier alpha value is -0.752. The van der Waals surface area contributed by atoms with Gasteiger partial charge in [0.1, 0.15) is 0 Å². The number of carbonyl (C=O) groups excluding carboxylic acids is 1. The fraction of sp³-hybridized carbons (Fsp3) is 0.125. The number of primary amides is 1. The molecule has 0 heterocycles. The van der Waals surface area contributed by atoms with Gasteiger partial charge in [0.05, 0.1) is 0 Å². The number of rotatable bonds is 1. The van der Waals surface area contributed by atoms with Crippen molar-refractivity contribution in [3.8, 4) is 0 Å². The van der Waals surface area contributed by atoms with Crippen molar-refractivity contribution < 1.29 is 4.79 Å². The van der Waals surface area contributed by atoms with Gasteiger partial charge < -0.3 is 0 Å². The van der Waals surface area contributed by atoms with Crippen LogP contribution in [0.5, 0.6) is 0 Å². The maximum absolute atomic E-state index is 10.7. The molecule has 1 rings (SSSR count). The van der Waals surface area contributed by atoms with Crippen LogP contribution >= 0.6 is 0 Å². The third-order valence-corrected chi connectivity index (χ3v) is 2.50. The third-order valence-electron chi connectivity index (χ3n) is 1.49. The number of hydrogen-bond acceptors (Lipinski definition) is 1. The average molecular weight is 209 g/mol. The van der Waals surface area contributed by atoms with E-state index in [0.29, 0.717) is 5.56 Å². The Kier molecular flexibility index (Phi) is 2.35. The van der Waals surface area contributed by atoms with E-state index in [9.17, 15) is 4.79 Å². The minimum atomic E-state index is -0.378. The molecular weight excluding hydrogens is 201 g/mol. The zero-order chi connectivity index (χ0) is 8.43. The summed E-state index contributed by atoms with van der Waals surface area (Å²) < 4.78 is 1.04. The van der Waals surface area contributed by atoms with Crippen molar-refractivity contribution in [2.24, 2.45) is 5.73 Å². The van der Waals surface area contributed by atoms with E-state index >= 15 is 0 Å². The van der Waals surface area contributed by atoms with Crippen LogP contribution in [0.25, 0.3) is 0 Å². The van der Waals surface area contributed by atoms with Crippen LogP contribution in [0, 0.1) is 6.92 Å². The quantitative estimate of drug-likeness (QED) is 0.644. The number of amides is 1. The van der Waals surface area contributed by atoms with Gasteiger partial charge in [0, 0.05) is 0 Å². The number of hydrogen-bond donors (Lipinski definition) is 1. The molecule has 0 saturated heterocycles. The van der Waals surface area contributed by atoms with Crippen LogP contribution in [-0.2, 0) is 0 Å². The topological polar surface area (TPSA) is 43.1 Å². The van der Waals surface area contributed by atoms with Crippen molar-refractivity contribution >= 4 is 27.1 Å². The zero-order valence-electron chi connectivity index (χ0n) is 6.16. The van der Waals surface area contributed by atoms with Gasteiger partial charge in [0.2, 0.25) is 0 Å².